The van der Waals surface area contributed by atoms with Crippen LogP contribution >= 0.6 is 0 Å². The SMILES string of the molecule is CCC(=O)NC1CCN(C(=O)COc2ccccc2C)CC1. The highest BCUT2D eigenvalue weighted by atomic mass is 16.5. The molecule has 2 rings (SSSR count). The molecule has 0 bridgehead atoms. The van der Waals surface area contributed by atoms with Gasteiger partial charge in [0.2, 0.25) is 5.91 Å². The van der Waals surface area contributed by atoms with E-state index in [0.29, 0.717) is 19.5 Å². The normalized spacial score (nSPS) is 15.5. The number of nitrogens with one attached hydrogen (secondary N) is 1. The Labute approximate surface area is 131 Å². The molecule has 0 unspecified atom stereocenters. The molecule has 2 amide bonds. The van der Waals surface area contributed by atoms with Crippen molar-refractivity contribution in [2.45, 2.75) is 39.2 Å². The molecule has 1 aliphatic rings. The lowest BCUT2D eigenvalue weighted by Gasteiger charge is -2.32. The minimum Gasteiger partial charge on any atom is -0.484 e. The van der Waals surface area contributed by atoms with Gasteiger partial charge >= 0.3 is 0 Å². The van der Waals surface area contributed by atoms with Crippen LogP contribution < -0.4 is 10.1 Å². The molecule has 0 saturated carbocycles. The highest BCUT2D eigenvalue weighted by molar-refractivity contribution is 5.78. The van der Waals surface area contributed by atoms with Crippen molar-refractivity contribution in [2.24, 2.45) is 0 Å². The van der Waals surface area contributed by atoms with E-state index in [1.165, 1.54) is 0 Å². The van der Waals surface area contributed by atoms with Gasteiger partial charge in [0, 0.05) is 25.6 Å². The van der Waals surface area contributed by atoms with Crippen molar-refractivity contribution in [2.75, 3.05) is 19.7 Å². The van der Waals surface area contributed by atoms with Crippen LogP contribution in [0.15, 0.2) is 24.3 Å². The highest BCUT2D eigenvalue weighted by Crippen LogP contribution is 2.17. The maximum absolute atomic E-state index is 12.2. The molecule has 1 aromatic rings. The lowest BCUT2D eigenvalue weighted by atomic mass is 10.0. The summed E-state index contributed by atoms with van der Waals surface area (Å²) >= 11 is 0. The lowest BCUT2D eigenvalue weighted by molar-refractivity contribution is -0.134. The summed E-state index contributed by atoms with van der Waals surface area (Å²) in [5.74, 6) is 0.831. The summed E-state index contributed by atoms with van der Waals surface area (Å²) in [4.78, 5) is 25.4. The van der Waals surface area contributed by atoms with Gasteiger partial charge in [-0.3, -0.25) is 9.59 Å². The van der Waals surface area contributed by atoms with E-state index >= 15 is 0 Å². The smallest absolute Gasteiger partial charge is 0.260 e. The van der Waals surface area contributed by atoms with Crippen LogP contribution in [0.3, 0.4) is 0 Å². The van der Waals surface area contributed by atoms with E-state index < -0.39 is 0 Å². The van der Waals surface area contributed by atoms with E-state index in [2.05, 4.69) is 5.32 Å². The maximum atomic E-state index is 12.2. The van der Waals surface area contributed by atoms with Crippen molar-refractivity contribution in [1.82, 2.24) is 10.2 Å². The Morgan fingerprint density at radius 2 is 1.95 bits per heavy atom. The van der Waals surface area contributed by atoms with Crippen molar-refractivity contribution in [3.63, 3.8) is 0 Å². The number of carbonyl (C=O) groups is 2. The third-order valence-electron chi connectivity index (χ3n) is 3.98. The number of carbonyl (C=O) groups excluding carboxylic acids is 2. The molecule has 120 valence electrons. The predicted octanol–water partition coefficient (Wildman–Crippen LogP) is 1.89. The summed E-state index contributed by atoms with van der Waals surface area (Å²) in [6, 6.07) is 7.86. The average molecular weight is 304 g/mol. The van der Waals surface area contributed by atoms with Gasteiger partial charge in [-0.25, -0.2) is 0 Å². The zero-order chi connectivity index (χ0) is 15.9. The topological polar surface area (TPSA) is 58.6 Å². The lowest BCUT2D eigenvalue weighted by Crippen LogP contribution is -2.47. The first-order chi connectivity index (χ1) is 10.6. The quantitative estimate of drug-likeness (QED) is 0.904. The first-order valence-electron chi connectivity index (χ1n) is 7.85. The Morgan fingerprint density at radius 3 is 2.59 bits per heavy atom. The first-order valence-corrected chi connectivity index (χ1v) is 7.85. The maximum Gasteiger partial charge on any atom is 0.260 e. The molecule has 0 spiro atoms. The number of nitrogens with zero attached hydrogens (tertiary/aromatic N) is 1. The van der Waals surface area contributed by atoms with E-state index in [1.807, 2.05) is 43.0 Å². The van der Waals surface area contributed by atoms with Crippen LogP contribution in [-0.2, 0) is 9.59 Å². The fourth-order valence-electron chi connectivity index (χ4n) is 2.55. The number of para-hydroxylation sites is 1. The van der Waals surface area contributed by atoms with Gasteiger partial charge in [-0.15, -0.1) is 0 Å². The van der Waals surface area contributed by atoms with Gasteiger partial charge in [0.15, 0.2) is 6.61 Å². The monoisotopic (exact) mass is 304 g/mol. The second-order valence-corrected chi connectivity index (χ2v) is 5.63. The summed E-state index contributed by atoms with van der Waals surface area (Å²) in [5.41, 5.74) is 1.02. The van der Waals surface area contributed by atoms with Crippen LogP contribution in [0.5, 0.6) is 5.75 Å². The standard InChI is InChI=1S/C17H24N2O3/c1-3-16(20)18-14-8-10-19(11-9-14)17(21)12-22-15-7-5-4-6-13(15)2/h4-7,14H,3,8-12H2,1-2H3,(H,18,20). The highest BCUT2D eigenvalue weighted by Gasteiger charge is 2.23. The van der Waals surface area contributed by atoms with E-state index in [1.54, 1.807) is 0 Å². The molecule has 22 heavy (non-hydrogen) atoms. The summed E-state index contributed by atoms with van der Waals surface area (Å²) in [5, 5.41) is 2.99. The van der Waals surface area contributed by atoms with Crippen LogP contribution in [-0.4, -0.2) is 42.5 Å². The molecule has 0 atom stereocenters. The van der Waals surface area contributed by atoms with Gasteiger partial charge in [-0.05, 0) is 31.4 Å². The van der Waals surface area contributed by atoms with Crippen LogP contribution in [0, 0.1) is 6.92 Å². The molecule has 5 heteroatoms. The second kappa shape index (κ2) is 7.82. The minimum atomic E-state index is 0.00326. The zero-order valence-electron chi connectivity index (χ0n) is 13.3. The number of hydrogen-bond donors (Lipinski definition) is 1. The van der Waals surface area contributed by atoms with E-state index in [0.717, 1.165) is 24.2 Å². The largest absolute Gasteiger partial charge is 0.484 e. The van der Waals surface area contributed by atoms with Gasteiger partial charge in [-0.1, -0.05) is 25.1 Å². The zero-order valence-corrected chi connectivity index (χ0v) is 13.3. The Kier molecular flexibility index (Phi) is 5.81. The predicted molar refractivity (Wildman–Crippen MR) is 84.7 cm³/mol. The summed E-state index contributed by atoms with van der Waals surface area (Å²) in [6.45, 7) is 5.21. The number of benzene rings is 1. The van der Waals surface area contributed by atoms with Gasteiger partial charge in [0.25, 0.3) is 5.91 Å². The molecule has 0 radical (unpaired) electrons. The van der Waals surface area contributed by atoms with Crippen LogP contribution in [0.1, 0.15) is 31.7 Å². The second-order valence-electron chi connectivity index (χ2n) is 5.63. The van der Waals surface area contributed by atoms with Gasteiger partial charge in [0.05, 0.1) is 0 Å². The molecule has 1 fully saturated rings. The van der Waals surface area contributed by atoms with Crippen molar-refractivity contribution in [1.29, 1.82) is 0 Å². The Hall–Kier alpha value is -2.04. The number of aryl methyl sites for hydroxylation is 1. The number of likely N-dealkylation sites (tertiary alicyclic amines) is 1. The van der Waals surface area contributed by atoms with Crippen molar-refractivity contribution in [3.05, 3.63) is 29.8 Å². The molecular formula is C17H24N2O3. The minimum absolute atomic E-state index is 0.00326. The van der Waals surface area contributed by atoms with Crippen LogP contribution in [0.4, 0.5) is 0 Å². The van der Waals surface area contributed by atoms with Gasteiger partial charge < -0.3 is 15.0 Å². The van der Waals surface area contributed by atoms with E-state index in [9.17, 15) is 9.59 Å². The Morgan fingerprint density at radius 1 is 1.27 bits per heavy atom. The van der Waals surface area contributed by atoms with E-state index in [4.69, 9.17) is 4.74 Å². The number of piperidine rings is 1. The molecule has 0 aromatic heterocycles. The molecule has 1 aromatic carbocycles. The fraction of sp³-hybridized carbons (Fsp3) is 0.529. The Balaban J connectivity index is 1.76. The van der Waals surface area contributed by atoms with Crippen molar-refractivity contribution < 1.29 is 14.3 Å². The number of hydrogen-bond acceptors (Lipinski definition) is 3. The van der Waals surface area contributed by atoms with Gasteiger partial charge in [0.1, 0.15) is 5.75 Å². The molecule has 1 N–H and O–H groups in total. The molecule has 0 aliphatic carbocycles. The Bertz CT molecular complexity index is 522. The van der Waals surface area contributed by atoms with E-state index in [-0.39, 0.29) is 24.5 Å². The van der Waals surface area contributed by atoms with Crippen molar-refractivity contribution in [3.8, 4) is 5.75 Å². The van der Waals surface area contributed by atoms with Crippen LogP contribution in [0.25, 0.3) is 0 Å². The summed E-state index contributed by atoms with van der Waals surface area (Å²) in [7, 11) is 0. The third-order valence-corrected chi connectivity index (χ3v) is 3.98. The number of rotatable bonds is 5. The van der Waals surface area contributed by atoms with Crippen LogP contribution in [0.2, 0.25) is 0 Å². The molecule has 1 aliphatic heterocycles. The third kappa shape index (κ3) is 4.48. The summed E-state index contributed by atoms with van der Waals surface area (Å²) in [6.07, 6.45) is 2.12. The molecule has 1 heterocycles. The average Bonchev–Trinajstić information content (AvgIpc) is 2.54. The first kappa shape index (κ1) is 16.3. The number of amides is 2. The van der Waals surface area contributed by atoms with Crippen molar-refractivity contribution >= 4 is 11.8 Å². The molecule has 1 saturated heterocycles. The summed E-state index contributed by atoms with van der Waals surface area (Å²) < 4.78 is 5.60. The molecular weight excluding hydrogens is 280 g/mol. The molecule has 5 nitrogen and oxygen atoms in total. The fourth-order valence-corrected chi connectivity index (χ4v) is 2.55. The van der Waals surface area contributed by atoms with Gasteiger partial charge in [-0.2, -0.15) is 0 Å². The number of ether oxygens (including phenoxy) is 1.